The van der Waals surface area contributed by atoms with Crippen molar-refractivity contribution < 1.29 is 47.5 Å². The molecule has 7 rings (SSSR count). The number of hydrogen-bond acceptors (Lipinski definition) is 10. The van der Waals surface area contributed by atoms with Crippen molar-refractivity contribution in [3.63, 3.8) is 0 Å². The maximum absolute atomic E-state index is 12.8. The van der Waals surface area contributed by atoms with Crippen LogP contribution in [0.5, 0.6) is 11.5 Å². The standard InChI is InChI=1S/C42H56O10/c43-41(31-7-11-33(12-8-31)47-23-3-1-21-45-27-29-5-19-37-39(25-29)51-37)49-35-15-17-36(18-16-35)50-42(44)32-9-13-34(14-10-32)48-24-4-2-22-46-28-30-6-20-38-40(26-30)52-38/h7-14,29-30,35-40H,1-6,15-28H2. The summed E-state index contributed by atoms with van der Waals surface area (Å²) in [7, 11) is 0. The van der Waals surface area contributed by atoms with Crippen LogP contribution in [0.2, 0.25) is 0 Å². The summed E-state index contributed by atoms with van der Waals surface area (Å²) in [6.45, 7) is 4.39. The molecule has 2 saturated heterocycles. The minimum absolute atomic E-state index is 0.196. The van der Waals surface area contributed by atoms with Gasteiger partial charge in [0, 0.05) is 26.4 Å². The molecule has 3 aliphatic carbocycles. The Morgan fingerprint density at radius 2 is 0.904 bits per heavy atom. The molecule has 2 aromatic carbocycles. The van der Waals surface area contributed by atoms with Crippen LogP contribution in [0.25, 0.3) is 0 Å². The van der Waals surface area contributed by atoms with Crippen molar-refractivity contribution in [2.24, 2.45) is 11.8 Å². The molecule has 6 unspecified atom stereocenters. The number of esters is 2. The number of ether oxygens (including phenoxy) is 8. The smallest absolute Gasteiger partial charge is 0.338 e. The summed E-state index contributed by atoms with van der Waals surface area (Å²) in [6.07, 6.45) is 15.2. The Kier molecular flexibility index (Phi) is 13.4. The van der Waals surface area contributed by atoms with Gasteiger partial charge in [-0.25, -0.2) is 9.59 Å². The maximum atomic E-state index is 12.8. The van der Waals surface area contributed by atoms with E-state index in [-0.39, 0.29) is 24.1 Å². The number of rotatable bonds is 20. The first-order valence-corrected chi connectivity index (χ1v) is 19.9. The molecule has 0 radical (unpaired) electrons. The molecule has 2 aromatic rings. The molecule has 10 heteroatoms. The van der Waals surface area contributed by atoms with Gasteiger partial charge in [-0.2, -0.15) is 0 Å². The van der Waals surface area contributed by atoms with Crippen molar-refractivity contribution in [2.45, 2.75) is 127 Å². The second-order valence-corrected chi connectivity index (χ2v) is 15.3. The van der Waals surface area contributed by atoms with E-state index in [9.17, 15) is 9.59 Å². The van der Waals surface area contributed by atoms with E-state index in [0.29, 0.717) is 86.3 Å². The maximum Gasteiger partial charge on any atom is 0.338 e. The lowest BCUT2D eigenvalue weighted by Gasteiger charge is -2.28. The minimum atomic E-state index is -0.344. The number of epoxide rings is 2. The van der Waals surface area contributed by atoms with Gasteiger partial charge < -0.3 is 37.9 Å². The van der Waals surface area contributed by atoms with Gasteiger partial charge in [-0.3, -0.25) is 0 Å². The average Bonchev–Trinajstić information content (AvgIpc) is 4.11. The quantitative estimate of drug-likeness (QED) is 0.0774. The lowest BCUT2D eigenvalue weighted by molar-refractivity contribution is -0.0108. The summed E-state index contributed by atoms with van der Waals surface area (Å²) in [4.78, 5) is 25.6. The second-order valence-electron chi connectivity index (χ2n) is 15.3. The van der Waals surface area contributed by atoms with Crippen molar-refractivity contribution in [3.05, 3.63) is 59.7 Å². The van der Waals surface area contributed by atoms with Gasteiger partial charge in [0.25, 0.3) is 0 Å². The van der Waals surface area contributed by atoms with Crippen LogP contribution in [0.15, 0.2) is 48.5 Å². The zero-order valence-corrected chi connectivity index (χ0v) is 30.5. The molecule has 5 aliphatic rings. The van der Waals surface area contributed by atoms with Gasteiger partial charge in [-0.05, 0) is 150 Å². The van der Waals surface area contributed by atoms with Crippen LogP contribution in [0.4, 0.5) is 0 Å². The zero-order chi connectivity index (χ0) is 35.5. The van der Waals surface area contributed by atoms with E-state index < -0.39 is 0 Å². The summed E-state index contributed by atoms with van der Waals surface area (Å²) >= 11 is 0. The van der Waals surface area contributed by atoms with Crippen LogP contribution >= 0.6 is 0 Å². The zero-order valence-electron chi connectivity index (χ0n) is 30.5. The Hall–Kier alpha value is -3.18. The van der Waals surface area contributed by atoms with Crippen molar-refractivity contribution in [3.8, 4) is 11.5 Å². The number of carbonyl (C=O) groups excluding carboxylic acids is 2. The Morgan fingerprint density at radius 3 is 1.31 bits per heavy atom. The largest absolute Gasteiger partial charge is 0.494 e. The molecular formula is C42H56O10. The summed E-state index contributed by atoms with van der Waals surface area (Å²) in [5.74, 6) is 2.07. The molecule has 0 bridgehead atoms. The van der Waals surface area contributed by atoms with Gasteiger partial charge >= 0.3 is 11.9 Å². The number of hydrogen-bond donors (Lipinski definition) is 0. The third kappa shape index (κ3) is 11.4. The van der Waals surface area contributed by atoms with Crippen LogP contribution in [0.1, 0.15) is 111 Å². The van der Waals surface area contributed by atoms with E-state index in [4.69, 9.17) is 37.9 Å². The highest BCUT2D eigenvalue weighted by atomic mass is 16.6. The van der Waals surface area contributed by atoms with Gasteiger partial charge in [-0.1, -0.05) is 0 Å². The first-order valence-electron chi connectivity index (χ1n) is 19.9. The molecule has 5 fully saturated rings. The molecule has 0 N–H and O–H groups in total. The van der Waals surface area contributed by atoms with Crippen molar-refractivity contribution >= 4 is 11.9 Å². The normalized spacial score (nSPS) is 28.9. The highest BCUT2D eigenvalue weighted by Crippen LogP contribution is 2.40. The van der Waals surface area contributed by atoms with Crippen LogP contribution in [0, 0.1) is 11.8 Å². The summed E-state index contributed by atoms with van der Waals surface area (Å²) in [5, 5.41) is 0. The first kappa shape index (κ1) is 37.1. The lowest BCUT2D eigenvalue weighted by Crippen LogP contribution is -2.29. The third-order valence-corrected chi connectivity index (χ3v) is 11.2. The topological polar surface area (TPSA) is 115 Å². The average molecular weight is 721 g/mol. The second kappa shape index (κ2) is 18.7. The van der Waals surface area contributed by atoms with Crippen LogP contribution in [-0.2, 0) is 28.4 Å². The van der Waals surface area contributed by atoms with Gasteiger partial charge in [0.05, 0.1) is 48.8 Å². The summed E-state index contributed by atoms with van der Waals surface area (Å²) in [5.41, 5.74) is 0.997. The third-order valence-electron chi connectivity index (χ3n) is 11.2. The SMILES string of the molecule is O=C(OC1CCC(OC(=O)c2ccc(OCCCCOCC3CCC4OC4C3)cc2)CC1)c1ccc(OCCCCOCC2CCC3OC3C2)cc1. The lowest BCUT2D eigenvalue weighted by atomic mass is 9.90. The summed E-state index contributed by atoms with van der Waals surface area (Å²) < 4.78 is 46.2. The molecule has 0 aromatic heterocycles. The van der Waals surface area contributed by atoms with Gasteiger partial charge in [0.1, 0.15) is 23.7 Å². The molecule has 2 aliphatic heterocycles. The van der Waals surface area contributed by atoms with Gasteiger partial charge in [0.2, 0.25) is 0 Å². The Labute approximate surface area is 308 Å². The number of unbranched alkanes of at least 4 members (excludes halogenated alkanes) is 2. The molecular weight excluding hydrogens is 664 g/mol. The van der Waals surface area contributed by atoms with Crippen molar-refractivity contribution in [1.29, 1.82) is 0 Å². The van der Waals surface area contributed by atoms with E-state index in [0.717, 1.165) is 76.5 Å². The predicted octanol–water partition coefficient (Wildman–Crippen LogP) is 7.50. The fraction of sp³-hybridized carbons (Fsp3) is 0.667. The molecule has 0 amide bonds. The fourth-order valence-corrected chi connectivity index (χ4v) is 7.85. The van der Waals surface area contributed by atoms with E-state index in [1.54, 1.807) is 24.3 Å². The number of benzene rings is 2. The molecule has 6 atom stereocenters. The van der Waals surface area contributed by atoms with E-state index >= 15 is 0 Å². The van der Waals surface area contributed by atoms with Gasteiger partial charge in [-0.15, -0.1) is 0 Å². The van der Waals surface area contributed by atoms with Crippen LogP contribution in [-0.4, -0.2) is 88.2 Å². The van der Waals surface area contributed by atoms with Gasteiger partial charge in [0.15, 0.2) is 0 Å². The van der Waals surface area contributed by atoms with E-state index in [1.807, 2.05) is 24.3 Å². The van der Waals surface area contributed by atoms with E-state index in [2.05, 4.69) is 0 Å². The highest BCUT2D eigenvalue weighted by molar-refractivity contribution is 5.90. The molecule has 10 nitrogen and oxygen atoms in total. The molecule has 52 heavy (non-hydrogen) atoms. The fourth-order valence-electron chi connectivity index (χ4n) is 7.85. The number of carbonyl (C=O) groups is 2. The first-order chi connectivity index (χ1) is 25.6. The molecule has 0 spiro atoms. The highest BCUT2D eigenvalue weighted by Gasteiger charge is 2.44. The molecule has 284 valence electrons. The van der Waals surface area contributed by atoms with Crippen LogP contribution < -0.4 is 9.47 Å². The predicted molar refractivity (Wildman–Crippen MR) is 193 cm³/mol. The Bertz CT molecular complexity index is 1300. The Morgan fingerprint density at radius 1 is 0.500 bits per heavy atom. The Balaban J connectivity index is 0.700. The molecule has 2 heterocycles. The van der Waals surface area contributed by atoms with Crippen LogP contribution in [0.3, 0.4) is 0 Å². The monoisotopic (exact) mass is 720 g/mol. The van der Waals surface area contributed by atoms with Crippen molar-refractivity contribution in [2.75, 3.05) is 39.6 Å². The van der Waals surface area contributed by atoms with E-state index in [1.165, 1.54) is 25.7 Å². The number of fused-ring (bicyclic) bond motifs is 2. The van der Waals surface area contributed by atoms with Crippen molar-refractivity contribution in [1.82, 2.24) is 0 Å². The summed E-state index contributed by atoms with van der Waals surface area (Å²) in [6, 6.07) is 14.2. The molecule has 3 saturated carbocycles. The minimum Gasteiger partial charge on any atom is -0.494 e.